The number of ether oxygens (including phenoxy) is 1. The van der Waals surface area contributed by atoms with Gasteiger partial charge in [0.2, 0.25) is 12.3 Å². The van der Waals surface area contributed by atoms with E-state index in [0.29, 0.717) is 47.8 Å². The van der Waals surface area contributed by atoms with Gasteiger partial charge in [0.25, 0.3) is 0 Å². The molecular formula is C35H52ClFN4O6. The van der Waals surface area contributed by atoms with Crippen molar-refractivity contribution in [1.29, 1.82) is 0 Å². The molecule has 0 spiro atoms. The van der Waals surface area contributed by atoms with Crippen LogP contribution in [0.15, 0.2) is 18.2 Å². The van der Waals surface area contributed by atoms with Crippen molar-refractivity contribution < 1.29 is 33.4 Å². The van der Waals surface area contributed by atoms with Gasteiger partial charge in [-0.2, -0.15) is 0 Å². The normalized spacial score (nSPS) is 19.8. The number of halogens is 2. The van der Waals surface area contributed by atoms with E-state index < -0.39 is 30.4 Å². The van der Waals surface area contributed by atoms with Gasteiger partial charge in [-0.3, -0.25) is 9.59 Å². The fourth-order valence-corrected chi connectivity index (χ4v) is 7.23. The largest absolute Gasteiger partial charge is 0.477 e. The first-order valence-electron chi connectivity index (χ1n) is 16.9. The van der Waals surface area contributed by atoms with Gasteiger partial charge in [-0.1, -0.05) is 57.0 Å². The first-order valence-corrected chi connectivity index (χ1v) is 17.3. The van der Waals surface area contributed by atoms with Crippen molar-refractivity contribution in [2.45, 2.75) is 117 Å². The van der Waals surface area contributed by atoms with E-state index in [-0.39, 0.29) is 22.5 Å². The molecule has 2 fully saturated rings. The summed E-state index contributed by atoms with van der Waals surface area (Å²) in [6.45, 7) is 9.90. The van der Waals surface area contributed by atoms with Crippen molar-refractivity contribution in [3.05, 3.63) is 28.9 Å². The fraction of sp³-hybridized carbons (Fsp3) is 0.657. The Kier molecular flexibility index (Phi) is 14.4. The summed E-state index contributed by atoms with van der Waals surface area (Å²) in [4.78, 5) is 51.0. The molecule has 1 aliphatic heterocycles. The maximum absolute atomic E-state index is 13.4. The van der Waals surface area contributed by atoms with Crippen LogP contribution in [0.1, 0.15) is 109 Å². The van der Waals surface area contributed by atoms with Gasteiger partial charge in [0.1, 0.15) is 18.0 Å². The number of amides is 3. The zero-order valence-corrected chi connectivity index (χ0v) is 29.1. The van der Waals surface area contributed by atoms with Crippen LogP contribution in [0, 0.1) is 17.8 Å². The van der Waals surface area contributed by atoms with Gasteiger partial charge in [-0.25, -0.2) is 14.0 Å². The van der Waals surface area contributed by atoms with Crippen molar-refractivity contribution in [1.82, 2.24) is 15.2 Å². The minimum absolute atomic E-state index is 0.0191. The number of aromatic nitrogens is 1. The first-order chi connectivity index (χ1) is 22.3. The van der Waals surface area contributed by atoms with E-state index in [1.165, 1.54) is 32.1 Å². The molecule has 1 aromatic heterocycles. The third kappa shape index (κ3) is 10.8. The molecule has 47 heavy (non-hydrogen) atoms. The zero-order chi connectivity index (χ0) is 34.7. The Labute approximate surface area is 282 Å². The molecule has 4 unspecified atom stereocenters. The highest BCUT2D eigenvalue weighted by molar-refractivity contribution is 6.38. The molecule has 2 aromatic rings. The number of alkyl carbamates (subject to hydrolysis) is 1. The predicted octanol–water partition coefficient (Wildman–Crippen LogP) is 7.95. The lowest BCUT2D eigenvalue weighted by atomic mass is 9.77. The average Bonchev–Trinajstić information content (AvgIpc) is 3.57. The molecule has 12 heteroatoms. The summed E-state index contributed by atoms with van der Waals surface area (Å²) in [5.41, 5.74) is 0.506. The molecule has 2 aliphatic rings. The highest BCUT2D eigenvalue weighted by atomic mass is 35.5. The van der Waals surface area contributed by atoms with Crippen LogP contribution in [-0.4, -0.2) is 70.3 Å². The quantitative estimate of drug-likeness (QED) is 0.168. The number of nitrogens with one attached hydrogen (secondary N) is 3. The van der Waals surface area contributed by atoms with Crippen LogP contribution in [0.25, 0.3) is 10.9 Å². The molecule has 3 amide bonds. The van der Waals surface area contributed by atoms with Gasteiger partial charge in [-0.15, -0.1) is 0 Å². The summed E-state index contributed by atoms with van der Waals surface area (Å²) >= 11 is 5.90. The molecule has 4 N–H and O–H groups in total. The van der Waals surface area contributed by atoms with Crippen LogP contribution in [0.3, 0.4) is 0 Å². The molecule has 1 saturated carbocycles. The molecule has 4 atom stereocenters. The number of fused-ring (bicyclic) bond motifs is 1. The second-order valence-electron chi connectivity index (χ2n) is 13.8. The number of aromatic carboxylic acids is 1. The van der Waals surface area contributed by atoms with Crippen LogP contribution in [0.2, 0.25) is 5.02 Å². The monoisotopic (exact) mass is 678 g/mol. The van der Waals surface area contributed by atoms with Crippen LogP contribution in [-0.2, 0) is 14.3 Å². The minimum atomic E-state index is -1.12. The summed E-state index contributed by atoms with van der Waals surface area (Å²) in [6.07, 6.45) is 10.5. The number of carboxylic acids is 1. The van der Waals surface area contributed by atoms with Crippen molar-refractivity contribution in [3.8, 4) is 0 Å². The van der Waals surface area contributed by atoms with Gasteiger partial charge in [-0.05, 0) is 83.4 Å². The third-order valence-corrected chi connectivity index (χ3v) is 9.77. The van der Waals surface area contributed by atoms with E-state index in [2.05, 4.69) is 34.4 Å². The van der Waals surface area contributed by atoms with Gasteiger partial charge >= 0.3 is 12.1 Å². The lowest BCUT2D eigenvalue weighted by molar-refractivity contribution is -0.137. The van der Waals surface area contributed by atoms with Gasteiger partial charge < -0.3 is 30.4 Å². The number of H-pyrrole nitrogens is 1. The first kappa shape index (κ1) is 38.1. The Morgan fingerprint density at radius 1 is 1.17 bits per heavy atom. The average molecular weight is 679 g/mol. The van der Waals surface area contributed by atoms with E-state index in [0.717, 1.165) is 31.7 Å². The maximum atomic E-state index is 13.4. The van der Waals surface area contributed by atoms with Crippen LogP contribution in [0.4, 0.5) is 14.9 Å². The summed E-state index contributed by atoms with van der Waals surface area (Å²) in [7, 11) is 0. The van der Waals surface area contributed by atoms with Crippen molar-refractivity contribution in [2.75, 3.05) is 18.5 Å². The number of carboxylic acid groups (broad SMARTS) is 1. The Morgan fingerprint density at radius 2 is 1.87 bits per heavy atom. The molecule has 4 rings (SSSR count). The van der Waals surface area contributed by atoms with E-state index in [9.17, 15) is 23.6 Å². The highest BCUT2D eigenvalue weighted by Gasteiger charge is 2.40. The molecule has 0 radical (unpaired) electrons. The number of hydrogen-bond donors (Lipinski definition) is 4. The number of anilines is 1. The van der Waals surface area contributed by atoms with E-state index in [4.69, 9.17) is 21.4 Å². The molecule has 2 heterocycles. The number of alkyl halides is 1. The molecule has 262 valence electrons. The molecule has 1 saturated heterocycles. The van der Waals surface area contributed by atoms with E-state index in [1.807, 2.05) is 0 Å². The van der Waals surface area contributed by atoms with Crippen molar-refractivity contribution in [3.63, 3.8) is 0 Å². The molecule has 10 nitrogen and oxygen atoms in total. The number of rotatable bonds is 12. The number of carbonyl (C=O) groups excluding carboxylic acids is 3. The lowest BCUT2D eigenvalue weighted by Crippen LogP contribution is -2.41. The minimum Gasteiger partial charge on any atom is -0.477 e. The van der Waals surface area contributed by atoms with E-state index in [1.54, 1.807) is 39.0 Å². The standard InChI is InChI=1S/C25H45FN2O3.C10H7ClN2O3/c1-6-19(13-10-14-21(17-26)27-24(30)31-25(3,4)5)23(29)28-16-15-22(18(28)2)20-11-8-7-9-12-20;11-8-6-3-5(12-4-14)1-2-7(6)13-9(8)10(15)16/h18-22H,6-17H2,1-5H3,(H,27,30);1-4,13H,(H,12,14)(H,15,16). The van der Waals surface area contributed by atoms with Gasteiger partial charge in [0.15, 0.2) is 0 Å². The molecular weight excluding hydrogens is 627 g/mol. The van der Waals surface area contributed by atoms with Crippen LogP contribution in [0.5, 0.6) is 0 Å². The van der Waals surface area contributed by atoms with Crippen molar-refractivity contribution in [2.24, 2.45) is 17.8 Å². The van der Waals surface area contributed by atoms with Crippen LogP contribution < -0.4 is 10.6 Å². The lowest BCUT2D eigenvalue weighted by Gasteiger charge is -2.33. The number of hydrogen-bond acceptors (Lipinski definition) is 5. The molecule has 0 bridgehead atoms. The zero-order valence-electron chi connectivity index (χ0n) is 28.4. The second-order valence-corrected chi connectivity index (χ2v) is 14.2. The van der Waals surface area contributed by atoms with Crippen molar-refractivity contribution >= 4 is 52.6 Å². The summed E-state index contributed by atoms with van der Waals surface area (Å²) in [5, 5.41) is 14.6. The maximum Gasteiger partial charge on any atom is 0.407 e. The molecule has 1 aliphatic carbocycles. The number of nitrogens with zero attached hydrogens (tertiary/aromatic N) is 1. The topological polar surface area (TPSA) is 141 Å². The number of likely N-dealkylation sites (tertiary alicyclic amines) is 1. The third-order valence-electron chi connectivity index (χ3n) is 9.38. The summed E-state index contributed by atoms with van der Waals surface area (Å²) < 4.78 is 18.6. The summed E-state index contributed by atoms with van der Waals surface area (Å²) in [6, 6.07) is 4.67. The fourth-order valence-electron chi connectivity index (χ4n) is 6.94. The smallest absolute Gasteiger partial charge is 0.407 e. The Balaban J connectivity index is 0.000000312. The SMILES string of the molecule is CCC(CCCC(CF)NC(=O)OC(C)(C)C)C(=O)N1CCC(C2CCCCC2)C1C.O=CNc1ccc2[nH]c(C(=O)O)c(Cl)c2c1. The predicted molar refractivity (Wildman–Crippen MR) is 183 cm³/mol. The number of aromatic amines is 1. The van der Waals surface area contributed by atoms with Gasteiger partial charge in [0.05, 0.1) is 11.1 Å². The summed E-state index contributed by atoms with van der Waals surface area (Å²) in [5.74, 6) is 0.562. The number of carbonyl (C=O) groups is 4. The highest BCUT2D eigenvalue weighted by Crippen LogP contribution is 2.39. The Morgan fingerprint density at radius 3 is 2.47 bits per heavy atom. The Hall–Kier alpha value is -3.34. The Bertz CT molecular complexity index is 1360. The van der Waals surface area contributed by atoms with E-state index >= 15 is 0 Å². The van der Waals surface area contributed by atoms with Crippen LogP contribution >= 0.6 is 11.6 Å². The number of benzene rings is 1. The second kappa shape index (κ2) is 17.7. The van der Waals surface area contributed by atoms with Gasteiger partial charge in [0, 0.05) is 35.1 Å². The molecule has 1 aromatic carbocycles.